The second kappa shape index (κ2) is 9.80. The van der Waals surface area contributed by atoms with Gasteiger partial charge in [0, 0.05) is 6.61 Å². The van der Waals surface area contributed by atoms with Crippen LogP contribution in [0.25, 0.3) is 0 Å². The third-order valence-corrected chi connectivity index (χ3v) is 0.203. The Morgan fingerprint density at radius 1 is 1.83 bits per heavy atom. The van der Waals surface area contributed by atoms with Gasteiger partial charge in [-0.3, -0.25) is 0 Å². The van der Waals surface area contributed by atoms with Crippen molar-refractivity contribution >= 4 is 6.47 Å². The van der Waals surface area contributed by atoms with Crippen LogP contribution in [0.15, 0.2) is 0 Å². The first-order valence-corrected chi connectivity index (χ1v) is 1.40. The number of hydrogen-bond acceptors (Lipinski definition) is 2. The van der Waals surface area contributed by atoms with E-state index >= 15 is 0 Å². The van der Waals surface area contributed by atoms with Gasteiger partial charge >= 0.3 is 0 Å². The van der Waals surface area contributed by atoms with Gasteiger partial charge in [0.2, 0.25) is 0 Å². The fourth-order valence-corrected chi connectivity index (χ4v) is 0.0589. The van der Waals surface area contributed by atoms with Crippen LogP contribution >= 0.6 is 0 Å². The second-order valence-corrected chi connectivity index (χ2v) is 0.516. The van der Waals surface area contributed by atoms with Crippen molar-refractivity contribution in [2.45, 2.75) is 6.92 Å². The molecule has 0 amide bonds. The molecule has 2 nitrogen and oxygen atoms in total. The van der Waals surface area contributed by atoms with Gasteiger partial charge in [-0.15, -0.1) is 0 Å². The molecule has 0 unspecified atom stereocenters. The van der Waals surface area contributed by atoms with Crippen molar-refractivity contribution in [3.05, 3.63) is 0 Å². The Labute approximate surface area is 30.7 Å². The van der Waals surface area contributed by atoms with Gasteiger partial charge in [0.15, 0.2) is 0 Å². The van der Waals surface area contributed by atoms with Crippen LogP contribution in [0.4, 0.5) is 0 Å². The van der Waals surface area contributed by atoms with E-state index in [2.05, 4.69) is 4.74 Å². The van der Waals surface area contributed by atoms with Gasteiger partial charge in [-0.05, 0) is 6.92 Å². The van der Waals surface area contributed by atoms with E-state index in [0.29, 0.717) is 6.61 Å². The number of carbonyl (C=O) groups excluding carboxylic acids is 1. The van der Waals surface area contributed by atoms with E-state index in [1.165, 1.54) is 6.47 Å². The largest absolute Gasteiger partial charge is 0.653 e. The maximum absolute atomic E-state index is 9.06. The summed E-state index contributed by atoms with van der Waals surface area (Å²) < 4.78 is 4.03. The van der Waals surface area contributed by atoms with E-state index in [-0.39, 0.29) is 0 Å². The van der Waals surface area contributed by atoms with E-state index < -0.39 is 0 Å². The fraction of sp³-hybridized carbons (Fsp3) is 0.667. The van der Waals surface area contributed by atoms with Gasteiger partial charge in [0.1, 0.15) is 0 Å². The third-order valence-electron chi connectivity index (χ3n) is 0.203. The Bertz CT molecular complexity index is 30.0. The maximum atomic E-state index is 9.06. The standard InChI is InChI=1S/C3H5O2.Rf/c1-2-5-3-4;/h2H2,1H3;/q-1;. The van der Waals surface area contributed by atoms with Gasteiger partial charge in [0.05, 0.1) is 0 Å². The summed E-state index contributed by atoms with van der Waals surface area (Å²) in [4.78, 5) is 9.06. The molecule has 6 heavy (non-hydrogen) atoms. The average Bonchev–Trinajstić information content (AvgIpc) is 1.41. The molecule has 0 saturated carbocycles. The van der Waals surface area contributed by atoms with E-state index in [9.17, 15) is 0 Å². The monoisotopic (exact) mass is 340 g/mol. The van der Waals surface area contributed by atoms with Gasteiger partial charge in [-0.1, -0.05) is 6.47 Å². The fourth-order valence-electron chi connectivity index (χ4n) is 0.0589. The molecule has 0 aliphatic heterocycles. The van der Waals surface area contributed by atoms with Gasteiger partial charge in [0.25, 0.3) is 0 Å². The Kier molecular flexibility index (Phi) is 14.4. The quantitative estimate of drug-likeness (QED) is 0.667. The molecule has 0 saturated heterocycles. The topological polar surface area (TPSA) is 26.3 Å². The van der Waals surface area contributed by atoms with Gasteiger partial charge in [-0.2, -0.15) is 0 Å². The normalized spacial score (nSPS) is 5.50. The SMILES string of the molecule is CCO[C-]=O.[Rf]. The summed E-state index contributed by atoms with van der Waals surface area (Å²) in [6.45, 7) is 3.41. The molecule has 0 aromatic rings. The van der Waals surface area contributed by atoms with Crippen molar-refractivity contribution in [1.82, 2.24) is 0 Å². The summed E-state index contributed by atoms with van der Waals surface area (Å²) in [5.74, 6) is 0. The number of ether oxygens (including phenoxy) is 1. The first-order chi connectivity index (χ1) is 2.41. The molecule has 0 heterocycles. The van der Waals surface area contributed by atoms with Crippen molar-refractivity contribution in [3.8, 4) is 0 Å². The smallest absolute Gasteiger partial charge is 0.0451 e. The van der Waals surface area contributed by atoms with E-state index in [0.717, 1.165) is 0 Å². The third kappa shape index (κ3) is 24.2. The summed E-state index contributed by atoms with van der Waals surface area (Å²) >= 11 is 0. The molecule has 0 rings (SSSR count). The van der Waals surface area contributed by atoms with Crippen molar-refractivity contribution < 1.29 is 9.53 Å². The summed E-state index contributed by atoms with van der Waals surface area (Å²) in [5.41, 5.74) is 0. The molecule has 0 aromatic heterocycles. The van der Waals surface area contributed by atoms with Crippen molar-refractivity contribution in [3.63, 3.8) is 0 Å². The Hall–Kier alpha value is -1.53. The minimum Gasteiger partial charge on any atom is -0.653 e. The number of hydrogen-bond donors (Lipinski definition) is 0. The van der Waals surface area contributed by atoms with Gasteiger partial charge in [-0.25, -0.2) is 0 Å². The molecule has 0 fully saturated rings. The zero-order valence-electron chi connectivity index (χ0n) is 3.73. The molecule has 0 bridgehead atoms. The van der Waals surface area contributed by atoms with Crippen LogP contribution in [0.1, 0.15) is 6.92 Å². The van der Waals surface area contributed by atoms with Crippen LogP contribution in [-0.4, -0.2) is 13.1 Å². The molecule has 32 valence electrons. The second-order valence-electron chi connectivity index (χ2n) is 0.516. The zero-order chi connectivity index (χ0) is 4.12. The van der Waals surface area contributed by atoms with Crippen LogP contribution in [-0.2, 0) is 9.53 Å². The van der Waals surface area contributed by atoms with E-state index in [1.807, 2.05) is 0 Å². The molecule has 0 aliphatic rings. The predicted octanol–water partition coefficient (Wildman–Crippen LogP) is 0.0901. The van der Waals surface area contributed by atoms with Crippen molar-refractivity contribution in [1.29, 1.82) is 0 Å². The van der Waals surface area contributed by atoms with Crippen LogP contribution < -0.4 is 0 Å². The molecule has 3 heteroatoms. The molecule has 0 radical (unpaired) electrons. The maximum Gasteiger partial charge on any atom is 0.0451 e. The van der Waals surface area contributed by atoms with Gasteiger partial charge < -0.3 is 9.53 Å². The average molecular weight is 340 g/mol. The minimum atomic E-state index is 0. The van der Waals surface area contributed by atoms with Crippen LogP contribution in [0.5, 0.6) is 0 Å². The molecule has 0 N–H and O–H groups in total. The van der Waals surface area contributed by atoms with E-state index in [1.54, 1.807) is 6.92 Å². The minimum absolute atomic E-state index is 0. The summed E-state index contributed by atoms with van der Waals surface area (Å²) in [5, 5.41) is 0. The van der Waals surface area contributed by atoms with Crippen molar-refractivity contribution in [2.24, 2.45) is 0 Å². The molecule has 0 spiro atoms. The Morgan fingerprint density at radius 2 is 2.33 bits per heavy atom. The Balaban J connectivity index is 0. The van der Waals surface area contributed by atoms with Crippen LogP contribution in [0.3, 0.4) is 0 Å². The van der Waals surface area contributed by atoms with Crippen molar-refractivity contribution in [2.75, 3.05) is 6.61 Å². The summed E-state index contributed by atoms with van der Waals surface area (Å²) in [6.07, 6.45) is 0. The predicted molar refractivity (Wildman–Crippen MR) is 17.3 cm³/mol. The first-order valence-electron chi connectivity index (χ1n) is 1.40. The molecule has 0 aliphatic carbocycles. The summed E-state index contributed by atoms with van der Waals surface area (Å²) in [6, 6.07) is 0. The Morgan fingerprint density at radius 3 is 2.33 bits per heavy atom. The van der Waals surface area contributed by atoms with E-state index in [4.69, 9.17) is 4.79 Å². The molecule has 0 aromatic carbocycles. The molecular weight excluding hydrogens is 335 g/mol. The summed E-state index contributed by atoms with van der Waals surface area (Å²) in [7, 11) is 0. The zero-order valence-corrected chi connectivity index (χ0v) is 10.1. The molecule has 0 atom stereocenters. The first kappa shape index (κ1) is 8.82. The van der Waals surface area contributed by atoms with Crippen LogP contribution in [0.2, 0.25) is 0 Å². The van der Waals surface area contributed by atoms with Crippen LogP contribution in [0, 0.1) is 0 Å². The molecular formula is C3H5O2Rf-. The number of rotatable bonds is 2.